The smallest absolute Gasteiger partial charge is 0.273 e. The summed E-state index contributed by atoms with van der Waals surface area (Å²) in [6.45, 7) is 0.0688. The number of halogens is 1. The van der Waals surface area contributed by atoms with Gasteiger partial charge in [0.15, 0.2) is 0 Å². The molecule has 0 saturated heterocycles. The third kappa shape index (κ3) is 3.82. The van der Waals surface area contributed by atoms with Crippen LogP contribution in [-0.2, 0) is 17.8 Å². The predicted octanol–water partition coefficient (Wildman–Crippen LogP) is 1.19. The third-order valence-electron chi connectivity index (χ3n) is 3.83. The fourth-order valence-electron chi connectivity index (χ4n) is 2.55. The van der Waals surface area contributed by atoms with Crippen molar-refractivity contribution in [2.24, 2.45) is 0 Å². The summed E-state index contributed by atoms with van der Waals surface area (Å²) in [4.78, 5) is 36.3. The highest BCUT2D eigenvalue weighted by molar-refractivity contribution is 5.81. The van der Waals surface area contributed by atoms with E-state index in [1.54, 1.807) is 36.4 Å². The monoisotopic (exact) mass is 341 g/mol. The molecule has 0 aliphatic rings. The van der Waals surface area contributed by atoms with Gasteiger partial charge in [0, 0.05) is 6.54 Å². The molecule has 0 radical (unpaired) electrons. The number of carbonyl (C=O) groups excluding carboxylic acids is 1. The molecule has 0 fully saturated rings. The van der Waals surface area contributed by atoms with E-state index in [0.29, 0.717) is 18.4 Å². The molecule has 2 N–H and O–H groups in total. The van der Waals surface area contributed by atoms with Crippen LogP contribution in [0.2, 0.25) is 0 Å². The Morgan fingerprint density at radius 1 is 1.04 bits per heavy atom. The molecule has 3 aromatic rings. The van der Waals surface area contributed by atoms with E-state index in [9.17, 15) is 18.8 Å². The summed E-state index contributed by atoms with van der Waals surface area (Å²) in [6.07, 6.45) is 0.537. The Hall–Kier alpha value is -3.22. The number of nitrogens with one attached hydrogen (secondary N) is 2. The van der Waals surface area contributed by atoms with Crippen molar-refractivity contribution in [2.45, 2.75) is 13.0 Å². The second-order valence-electron chi connectivity index (χ2n) is 5.60. The van der Waals surface area contributed by atoms with E-state index >= 15 is 0 Å². The first-order valence-corrected chi connectivity index (χ1v) is 7.77. The zero-order chi connectivity index (χ0) is 17.8. The van der Waals surface area contributed by atoms with Crippen molar-refractivity contribution >= 4 is 16.7 Å². The van der Waals surface area contributed by atoms with Gasteiger partial charge in [-0.25, -0.2) is 9.07 Å². The molecular weight excluding hydrogens is 325 g/mol. The lowest BCUT2D eigenvalue weighted by molar-refractivity contribution is -0.121. The average molecular weight is 341 g/mol. The molecule has 0 saturated carbocycles. The molecule has 6 nitrogen and oxygen atoms in total. The fraction of sp³-hybridized carbons (Fsp3) is 0.167. The second kappa shape index (κ2) is 7.12. The molecule has 0 aliphatic heterocycles. The van der Waals surface area contributed by atoms with Crippen LogP contribution < -0.4 is 16.4 Å². The Balaban J connectivity index is 1.66. The minimum absolute atomic E-state index is 0.269. The van der Waals surface area contributed by atoms with Crippen LogP contribution in [0.1, 0.15) is 5.56 Å². The molecule has 25 heavy (non-hydrogen) atoms. The summed E-state index contributed by atoms with van der Waals surface area (Å²) in [5.41, 5.74) is 0.0381. The Labute approximate surface area is 141 Å². The van der Waals surface area contributed by atoms with E-state index in [1.165, 1.54) is 12.1 Å². The van der Waals surface area contributed by atoms with Gasteiger partial charge in [0.1, 0.15) is 12.4 Å². The van der Waals surface area contributed by atoms with Crippen LogP contribution in [0.25, 0.3) is 10.8 Å². The number of rotatable bonds is 5. The maximum Gasteiger partial charge on any atom is 0.273 e. The molecule has 2 aromatic carbocycles. The zero-order valence-electron chi connectivity index (χ0n) is 13.3. The van der Waals surface area contributed by atoms with E-state index in [2.05, 4.69) is 10.4 Å². The molecule has 0 atom stereocenters. The summed E-state index contributed by atoms with van der Waals surface area (Å²) in [7, 11) is 0. The predicted molar refractivity (Wildman–Crippen MR) is 91.9 cm³/mol. The molecule has 1 aromatic heterocycles. The summed E-state index contributed by atoms with van der Waals surface area (Å²) in [5, 5.41) is 5.65. The zero-order valence-corrected chi connectivity index (χ0v) is 13.3. The Morgan fingerprint density at radius 2 is 1.72 bits per heavy atom. The van der Waals surface area contributed by atoms with Crippen LogP contribution in [0.3, 0.4) is 0 Å². The molecule has 128 valence electrons. The third-order valence-corrected chi connectivity index (χ3v) is 3.83. The van der Waals surface area contributed by atoms with E-state index in [1.807, 2.05) is 0 Å². The van der Waals surface area contributed by atoms with Crippen molar-refractivity contribution in [3.63, 3.8) is 0 Å². The number of hydrogen-bond donors (Lipinski definition) is 2. The summed E-state index contributed by atoms with van der Waals surface area (Å²) in [5.74, 6) is -0.706. The first kappa shape index (κ1) is 16.6. The van der Waals surface area contributed by atoms with Gasteiger partial charge in [-0.1, -0.05) is 24.3 Å². The van der Waals surface area contributed by atoms with Crippen LogP contribution in [0.15, 0.2) is 58.1 Å². The maximum atomic E-state index is 12.8. The quantitative estimate of drug-likeness (QED) is 0.731. The maximum absolute atomic E-state index is 12.8. The van der Waals surface area contributed by atoms with Crippen molar-refractivity contribution < 1.29 is 9.18 Å². The highest BCUT2D eigenvalue weighted by Gasteiger charge is 2.09. The van der Waals surface area contributed by atoms with Gasteiger partial charge in [-0.15, -0.1) is 0 Å². The number of aromatic amines is 1. The standard InChI is InChI=1S/C18H16FN3O3/c19-13-7-5-12(6-8-13)9-10-20-16(23)11-22-18(25)15-4-2-1-3-14(15)17(24)21-22/h1-8H,9-11H2,(H,20,23)(H,21,24). The molecule has 0 bridgehead atoms. The largest absolute Gasteiger partial charge is 0.354 e. The Kier molecular flexibility index (Phi) is 4.74. The van der Waals surface area contributed by atoms with Gasteiger partial charge in [-0.2, -0.15) is 0 Å². The molecule has 0 unspecified atom stereocenters. The molecule has 0 aliphatic carbocycles. The van der Waals surface area contributed by atoms with Gasteiger partial charge < -0.3 is 5.32 Å². The lowest BCUT2D eigenvalue weighted by Crippen LogP contribution is -2.37. The van der Waals surface area contributed by atoms with Gasteiger partial charge in [-0.3, -0.25) is 19.5 Å². The van der Waals surface area contributed by atoms with Gasteiger partial charge >= 0.3 is 0 Å². The lowest BCUT2D eigenvalue weighted by Gasteiger charge is -2.08. The van der Waals surface area contributed by atoms with E-state index in [4.69, 9.17) is 0 Å². The number of fused-ring (bicyclic) bond motifs is 1. The van der Waals surface area contributed by atoms with Crippen LogP contribution >= 0.6 is 0 Å². The minimum atomic E-state index is -0.427. The van der Waals surface area contributed by atoms with Crippen LogP contribution in [0.5, 0.6) is 0 Å². The molecule has 3 rings (SSSR count). The Morgan fingerprint density at radius 3 is 2.44 bits per heavy atom. The van der Waals surface area contributed by atoms with E-state index in [-0.39, 0.29) is 17.7 Å². The summed E-state index contributed by atoms with van der Waals surface area (Å²) in [6, 6.07) is 12.4. The van der Waals surface area contributed by atoms with Gasteiger partial charge in [0.05, 0.1) is 10.8 Å². The number of amides is 1. The topological polar surface area (TPSA) is 84.0 Å². The van der Waals surface area contributed by atoms with Crippen molar-refractivity contribution in [3.8, 4) is 0 Å². The van der Waals surface area contributed by atoms with Gasteiger partial charge in [0.2, 0.25) is 5.91 Å². The molecule has 1 amide bonds. The number of benzene rings is 2. The van der Waals surface area contributed by atoms with Crippen LogP contribution in [0, 0.1) is 5.82 Å². The Bertz CT molecular complexity index is 1020. The minimum Gasteiger partial charge on any atom is -0.354 e. The fourth-order valence-corrected chi connectivity index (χ4v) is 2.55. The first-order chi connectivity index (χ1) is 12.0. The number of H-pyrrole nitrogens is 1. The number of nitrogens with zero attached hydrogens (tertiary/aromatic N) is 1. The highest BCUT2D eigenvalue weighted by Crippen LogP contribution is 2.03. The molecule has 1 heterocycles. The average Bonchev–Trinajstić information content (AvgIpc) is 2.61. The normalized spacial score (nSPS) is 10.8. The van der Waals surface area contributed by atoms with Crippen LogP contribution in [-0.4, -0.2) is 22.2 Å². The number of hydrogen-bond acceptors (Lipinski definition) is 3. The lowest BCUT2D eigenvalue weighted by atomic mass is 10.1. The summed E-state index contributed by atoms with van der Waals surface area (Å²) >= 11 is 0. The SMILES string of the molecule is O=C(Cn1[nH]c(=O)c2ccccc2c1=O)NCCc1ccc(F)cc1. The number of carbonyl (C=O) groups is 1. The van der Waals surface area contributed by atoms with Crippen molar-refractivity contribution in [1.82, 2.24) is 15.1 Å². The van der Waals surface area contributed by atoms with E-state index < -0.39 is 17.0 Å². The van der Waals surface area contributed by atoms with Crippen molar-refractivity contribution in [2.75, 3.05) is 6.54 Å². The highest BCUT2D eigenvalue weighted by atomic mass is 19.1. The van der Waals surface area contributed by atoms with Crippen molar-refractivity contribution in [3.05, 3.63) is 80.6 Å². The second-order valence-corrected chi connectivity index (χ2v) is 5.60. The van der Waals surface area contributed by atoms with Crippen molar-refractivity contribution in [1.29, 1.82) is 0 Å². The van der Waals surface area contributed by atoms with Gasteiger partial charge in [0.25, 0.3) is 11.1 Å². The first-order valence-electron chi connectivity index (χ1n) is 7.77. The number of aromatic nitrogens is 2. The van der Waals surface area contributed by atoms with E-state index in [0.717, 1.165) is 10.2 Å². The summed E-state index contributed by atoms with van der Waals surface area (Å²) < 4.78 is 13.8. The van der Waals surface area contributed by atoms with Gasteiger partial charge in [-0.05, 0) is 36.2 Å². The molecule has 0 spiro atoms. The molecule has 7 heteroatoms. The molecular formula is C18H16FN3O3. The van der Waals surface area contributed by atoms with Crippen LogP contribution in [0.4, 0.5) is 4.39 Å².